The second kappa shape index (κ2) is 5.43. The zero-order chi connectivity index (χ0) is 10.4. The minimum atomic E-state index is -0.141. The van der Waals surface area contributed by atoms with Crippen molar-refractivity contribution in [2.24, 2.45) is 0 Å². The van der Waals surface area contributed by atoms with E-state index >= 15 is 0 Å². The molecule has 0 aliphatic rings. The summed E-state index contributed by atoms with van der Waals surface area (Å²) in [5.74, 6) is -0.246. The fourth-order valence-corrected chi connectivity index (χ4v) is 1.54. The Morgan fingerprint density at radius 2 is 2.00 bits per heavy atom. The molecule has 0 bridgehead atoms. The Morgan fingerprint density at radius 3 is 2.50 bits per heavy atom. The van der Waals surface area contributed by atoms with Crippen LogP contribution in [0.1, 0.15) is 31.2 Å². The van der Waals surface area contributed by atoms with Crippen molar-refractivity contribution < 1.29 is 9.53 Å². The molecule has 2 nitrogen and oxygen atoms in total. The Kier molecular flexibility index (Phi) is 4.17. The van der Waals surface area contributed by atoms with Crippen molar-refractivity contribution in [3.8, 4) is 0 Å². The van der Waals surface area contributed by atoms with Crippen molar-refractivity contribution in [3.05, 3.63) is 35.9 Å². The van der Waals surface area contributed by atoms with E-state index in [1.807, 2.05) is 30.3 Å². The number of benzene rings is 1. The zero-order valence-corrected chi connectivity index (χ0v) is 8.69. The quantitative estimate of drug-likeness (QED) is 0.686. The van der Waals surface area contributed by atoms with Crippen LogP contribution in [0.5, 0.6) is 0 Å². The highest BCUT2D eigenvalue weighted by molar-refractivity contribution is 5.77. The van der Waals surface area contributed by atoms with E-state index in [0.29, 0.717) is 0 Å². The molecule has 0 N–H and O–H groups in total. The summed E-state index contributed by atoms with van der Waals surface area (Å²) >= 11 is 0. The molecule has 0 amide bonds. The fourth-order valence-electron chi connectivity index (χ4n) is 1.54. The van der Waals surface area contributed by atoms with E-state index < -0.39 is 0 Å². The zero-order valence-electron chi connectivity index (χ0n) is 8.69. The van der Waals surface area contributed by atoms with Gasteiger partial charge in [0, 0.05) is 0 Å². The lowest BCUT2D eigenvalue weighted by atomic mass is 9.95. The van der Waals surface area contributed by atoms with Gasteiger partial charge in [0.25, 0.3) is 0 Å². The number of ether oxygens (including phenoxy) is 1. The first-order valence-corrected chi connectivity index (χ1v) is 4.92. The molecule has 76 valence electrons. The average molecular weight is 192 g/mol. The van der Waals surface area contributed by atoms with E-state index in [2.05, 4.69) is 6.92 Å². The molecule has 0 aliphatic carbocycles. The van der Waals surface area contributed by atoms with Crippen LogP contribution in [-0.2, 0) is 9.53 Å². The van der Waals surface area contributed by atoms with Gasteiger partial charge in [-0.05, 0) is 12.0 Å². The van der Waals surface area contributed by atoms with Gasteiger partial charge in [0.1, 0.15) is 0 Å². The second-order valence-electron chi connectivity index (χ2n) is 3.28. The summed E-state index contributed by atoms with van der Waals surface area (Å²) in [6.07, 6.45) is 1.82. The second-order valence-corrected chi connectivity index (χ2v) is 3.28. The third-order valence-electron chi connectivity index (χ3n) is 2.26. The van der Waals surface area contributed by atoms with Crippen LogP contribution in [0.15, 0.2) is 30.3 Å². The molecule has 1 atom stereocenters. The maximum absolute atomic E-state index is 11.5. The van der Waals surface area contributed by atoms with Crippen LogP contribution in [0, 0.1) is 0 Å². The van der Waals surface area contributed by atoms with E-state index in [9.17, 15) is 4.79 Å². The molecule has 0 saturated carbocycles. The molecule has 0 aromatic heterocycles. The standard InChI is InChI=1S/C12H16O2/c1-3-7-11(12(13)14-2)10-8-5-4-6-9-10/h4-6,8-9,11H,3,7H2,1-2H3/t11-/m0/s1. The topological polar surface area (TPSA) is 26.3 Å². The fraction of sp³-hybridized carbons (Fsp3) is 0.417. The number of rotatable bonds is 4. The van der Waals surface area contributed by atoms with Crippen LogP contribution in [0.2, 0.25) is 0 Å². The Morgan fingerprint density at radius 1 is 1.36 bits per heavy atom. The van der Waals surface area contributed by atoms with Crippen LogP contribution in [0.4, 0.5) is 0 Å². The summed E-state index contributed by atoms with van der Waals surface area (Å²) in [4.78, 5) is 11.5. The third kappa shape index (κ3) is 2.59. The summed E-state index contributed by atoms with van der Waals surface area (Å²) < 4.78 is 4.78. The van der Waals surface area contributed by atoms with Crippen molar-refractivity contribution in [2.75, 3.05) is 7.11 Å². The van der Waals surface area contributed by atoms with Gasteiger partial charge in [0.05, 0.1) is 13.0 Å². The SMILES string of the molecule is CCC[C@H](C(=O)OC)c1ccccc1. The van der Waals surface area contributed by atoms with Gasteiger partial charge in [-0.25, -0.2) is 0 Å². The van der Waals surface area contributed by atoms with Gasteiger partial charge < -0.3 is 4.74 Å². The molecule has 0 aliphatic heterocycles. The summed E-state index contributed by atoms with van der Waals surface area (Å²) in [6.45, 7) is 2.07. The molecule has 0 unspecified atom stereocenters. The Balaban J connectivity index is 2.83. The normalized spacial score (nSPS) is 12.1. The Bertz CT molecular complexity index is 280. The first-order chi connectivity index (χ1) is 6.79. The molecule has 14 heavy (non-hydrogen) atoms. The predicted molar refractivity (Wildman–Crippen MR) is 56.1 cm³/mol. The van der Waals surface area contributed by atoms with Crippen molar-refractivity contribution in [1.29, 1.82) is 0 Å². The van der Waals surface area contributed by atoms with Gasteiger partial charge in [0.2, 0.25) is 0 Å². The first kappa shape index (κ1) is 10.8. The predicted octanol–water partition coefficient (Wildman–Crippen LogP) is 2.74. The molecule has 0 fully saturated rings. The van der Waals surface area contributed by atoms with Gasteiger partial charge in [0.15, 0.2) is 0 Å². The van der Waals surface area contributed by atoms with E-state index in [-0.39, 0.29) is 11.9 Å². The van der Waals surface area contributed by atoms with Gasteiger partial charge >= 0.3 is 5.97 Å². The van der Waals surface area contributed by atoms with Gasteiger partial charge in [-0.15, -0.1) is 0 Å². The molecule has 0 saturated heterocycles. The molecule has 0 spiro atoms. The molecule has 1 rings (SSSR count). The van der Waals surface area contributed by atoms with Crippen molar-refractivity contribution in [3.63, 3.8) is 0 Å². The summed E-state index contributed by atoms with van der Waals surface area (Å²) in [7, 11) is 1.44. The average Bonchev–Trinajstić information content (AvgIpc) is 2.26. The number of hydrogen-bond acceptors (Lipinski definition) is 2. The number of esters is 1. The molecule has 2 heteroatoms. The molecule has 1 aromatic rings. The van der Waals surface area contributed by atoms with Gasteiger partial charge in [-0.1, -0.05) is 43.7 Å². The van der Waals surface area contributed by atoms with E-state index in [4.69, 9.17) is 4.74 Å². The molecule has 0 heterocycles. The van der Waals surface area contributed by atoms with Crippen LogP contribution < -0.4 is 0 Å². The maximum atomic E-state index is 11.5. The van der Waals surface area contributed by atoms with Crippen molar-refractivity contribution in [1.82, 2.24) is 0 Å². The monoisotopic (exact) mass is 192 g/mol. The smallest absolute Gasteiger partial charge is 0.313 e. The van der Waals surface area contributed by atoms with Crippen LogP contribution >= 0.6 is 0 Å². The maximum Gasteiger partial charge on any atom is 0.313 e. The molecular weight excluding hydrogens is 176 g/mol. The van der Waals surface area contributed by atoms with Crippen molar-refractivity contribution in [2.45, 2.75) is 25.7 Å². The summed E-state index contributed by atoms with van der Waals surface area (Å²) in [6, 6.07) is 9.78. The van der Waals surface area contributed by atoms with Gasteiger partial charge in [-0.3, -0.25) is 4.79 Å². The minimum absolute atomic E-state index is 0.105. The molecular formula is C12H16O2. The summed E-state index contributed by atoms with van der Waals surface area (Å²) in [5, 5.41) is 0. The largest absolute Gasteiger partial charge is 0.469 e. The lowest BCUT2D eigenvalue weighted by Gasteiger charge is -2.13. The number of methoxy groups -OCH3 is 1. The number of carbonyl (C=O) groups excluding carboxylic acids is 1. The van der Waals surface area contributed by atoms with Crippen molar-refractivity contribution >= 4 is 5.97 Å². The number of hydrogen-bond donors (Lipinski definition) is 0. The first-order valence-electron chi connectivity index (χ1n) is 4.92. The van der Waals surface area contributed by atoms with E-state index in [1.165, 1.54) is 7.11 Å². The third-order valence-corrected chi connectivity index (χ3v) is 2.26. The molecule has 0 radical (unpaired) electrons. The lowest BCUT2D eigenvalue weighted by molar-refractivity contribution is -0.142. The van der Waals surface area contributed by atoms with Crippen LogP contribution in [-0.4, -0.2) is 13.1 Å². The Labute approximate surface area is 84.9 Å². The Hall–Kier alpha value is -1.31. The highest BCUT2D eigenvalue weighted by Crippen LogP contribution is 2.22. The lowest BCUT2D eigenvalue weighted by Crippen LogP contribution is -2.13. The van der Waals surface area contributed by atoms with Gasteiger partial charge in [-0.2, -0.15) is 0 Å². The van der Waals surface area contributed by atoms with Crippen LogP contribution in [0.25, 0.3) is 0 Å². The van der Waals surface area contributed by atoms with E-state index in [0.717, 1.165) is 18.4 Å². The summed E-state index contributed by atoms with van der Waals surface area (Å²) in [5.41, 5.74) is 1.04. The van der Waals surface area contributed by atoms with Crippen LogP contribution in [0.3, 0.4) is 0 Å². The number of carbonyl (C=O) groups is 1. The highest BCUT2D eigenvalue weighted by atomic mass is 16.5. The van der Waals surface area contributed by atoms with E-state index in [1.54, 1.807) is 0 Å². The highest BCUT2D eigenvalue weighted by Gasteiger charge is 2.19. The minimum Gasteiger partial charge on any atom is -0.469 e. The molecule has 1 aromatic carbocycles.